The van der Waals surface area contributed by atoms with Crippen molar-refractivity contribution in [2.75, 3.05) is 0 Å². The van der Waals surface area contributed by atoms with Crippen molar-refractivity contribution >= 4 is 9.84 Å². The third-order valence-electron chi connectivity index (χ3n) is 4.95. The number of rotatable bonds is 8. The zero-order chi connectivity index (χ0) is 23.3. The molecular weight excluding hydrogens is 440 g/mol. The molecule has 0 bridgehead atoms. The van der Waals surface area contributed by atoms with Crippen LogP contribution < -0.4 is 9.47 Å². The molecule has 7 heteroatoms. The normalized spacial score (nSPS) is 11.2. The SMILES string of the molecule is O=S(=O)(c1ccc(OCc2ccc(O)cc2)cc1)c1ccc(OCc2ccc(O)cc2)cc1. The maximum Gasteiger partial charge on any atom is 0.206 e. The molecule has 0 unspecified atom stereocenters. The van der Waals surface area contributed by atoms with Gasteiger partial charge in [0, 0.05) is 0 Å². The van der Waals surface area contributed by atoms with Gasteiger partial charge in [0.2, 0.25) is 9.84 Å². The molecule has 33 heavy (non-hydrogen) atoms. The molecule has 2 N–H and O–H groups in total. The van der Waals surface area contributed by atoms with E-state index in [1.54, 1.807) is 72.8 Å². The molecule has 0 aromatic heterocycles. The lowest BCUT2D eigenvalue weighted by Crippen LogP contribution is -2.03. The summed E-state index contributed by atoms with van der Waals surface area (Å²) in [5, 5.41) is 18.7. The van der Waals surface area contributed by atoms with Crippen LogP contribution in [0.5, 0.6) is 23.0 Å². The van der Waals surface area contributed by atoms with E-state index in [2.05, 4.69) is 0 Å². The Labute approximate surface area is 192 Å². The highest BCUT2D eigenvalue weighted by Gasteiger charge is 2.17. The summed E-state index contributed by atoms with van der Waals surface area (Å²) in [5.41, 5.74) is 1.77. The van der Waals surface area contributed by atoms with Crippen molar-refractivity contribution < 1.29 is 28.1 Å². The Morgan fingerprint density at radius 2 is 0.848 bits per heavy atom. The van der Waals surface area contributed by atoms with Gasteiger partial charge in [-0.25, -0.2) is 8.42 Å². The first-order chi connectivity index (χ1) is 15.9. The van der Waals surface area contributed by atoms with Crippen LogP contribution >= 0.6 is 0 Å². The van der Waals surface area contributed by atoms with Crippen LogP contribution in [-0.2, 0) is 23.1 Å². The molecule has 4 aromatic carbocycles. The number of phenols is 2. The first kappa shape index (κ1) is 22.2. The van der Waals surface area contributed by atoms with E-state index in [0.29, 0.717) is 24.7 Å². The van der Waals surface area contributed by atoms with Gasteiger partial charge in [-0.1, -0.05) is 24.3 Å². The fourth-order valence-corrected chi connectivity index (χ4v) is 4.34. The lowest BCUT2D eigenvalue weighted by Gasteiger charge is -2.10. The monoisotopic (exact) mass is 462 g/mol. The third-order valence-corrected chi connectivity index (χ3v) is 6.74. The Morgan fingerprint density at radius 3 is 1.18 bits per heavy atom. The molecule has 0 spiro atoms. The van der Waals surface area contributed by atoms with Crippen molar-refractivity contribution in [2.24, 2.45) is 0 Å². The van der Waals surface area contributed by atoms with E-state index in [4.69, 9.17) is 9.47 Å². The van der Waals surface area contributed by atoms with Crippen LogP contribution in [0.15, 0.2) is 107 Å². The van der Waals surface area contributed by atoms with Gasteiger partial charge in [-0.2, -0.15) is 0 Å². The van der Waals surface area contributed by atoms with E-state index >= 15 is 0 Å². The molecule has 0 radical (unpaired) electrons. The molecule has 0 atom stereocenters. The number of aromatic hydroxyl groups is 2. The van der Waals surface area contributed by atoms with Gasteiger partial charge in [0.15, 0.2) is 0 Å². The summed E-state index contributed by atoms with van der Waals surface area (Å²) in [4.78, 5) is 0.328. The molecule has 0 saturated carbocycles. The molecule has 4 aromatic rings. The van der Waals surface area contributed by atoms with Gasteiger partial charge in [-0.05, 0) is 83.9 Å². The summed E-state index contributed by atoms with van der Waals surface area (Å²) >= 11 is 0. The van der Waals surface area contributed by atoms with Gasteiger partial charge in [-0.3, -0.25) is 0 Å². The number of benzene rings is 4. The Kier molecular flexibility index (Phi) is 6.51. The van der Waals surface area contributed by atoms with Crippen molar-refractivity contribution in [3.05, 3.63) is 108 Å². The highest BCUT2D eigenvalue weighted by Crippen LogP contribution is 2.26. The minimum Gasteiger partial charge on any atom is -0.508 e. The average Bonchev–Trinajstić information content (AvgIpc) is 2.84. The van der Waals surface area contributed by atoms with E-state index in [9.17, 15) is 18.6 Å². The second-order valence-corrected chi connectivity index (χ2v) is 9.31. The predicted octanol–water partition coefficient (Wildman–Crippen LogP) is 5.09. The lowest BCUT2D eigenvalue weighted by molar-refractivity contribution is 0.306. The van der Waals surface area contributed by atoms with E-state index in [-0.39, 0.29) is 21.3 Å². The molecule has 0 saturated heterocycles. The van der Waals surface area contributed by atoms with Gasteiger partial charge in [-0.15, -0.1) is 0 Å². The summed E-state index contributed by atoms with van der Waals surface area (Å²) < 4.78 is 37.3. The number of hydrogen-bond donors (Lipinski definition) is 2. The fraction of sp³-hybridized carbons (Fsp3) is 0.0769. The van der Waals surface area contributed by atoms with Crippen LogP contribution in [-0.4, -0.2) is 18.6 Å². The molecule has 0 amide bonds. The molecule has 4 rings (SSSR count). The first-order valence-corrected chi connectivity index (χ1v) is 11.7. The van der Waals surface area contributed by atoms with Crippen molar-refractivity contribution in [2.45, 2.75) is 23.0 Å². The Balaban J connectivity index is 1.38. The Morgan fingerprint density at radius 1 is 0.515 bits per heavy atom. The zero-order valence-electron chi connectivity index (χ0n) is 17.6. The van der Waals surface area contributed by atoms with Crippen LogP contribution in [0, 0.1) is 0 Å². The van der Waals surface area contributed by atoms with Crippen LogP contribution in [0.25, 0.3) is 0 Å². The molecular formula is C26H22O6S. The van der Waals surface area contributed by atoms with Gasteiger partial charge in [0.05, 0.1) is 9.79 Å². The average molecular weight is 463 g/mol. The van der Waals surface area contributed by atoms with Crippen molar-refractivity contribution in [1.82, 2.24) is 0 Å². The van der Waals surface area contributed by atoms with Gasteiger partial charge < -0.3 is 19.7 Å². The van der Waals surface area contributed by atoms with Gasteiger partial charge >= 0.3 is 0 Å². The number of ether oxygens (including phenoxy) is 2. The van der Waals surface area contributed by atoms with Crippen molar-refractivity contribution in [3.8, 4) is 23.0 Å². The van der Waals surface area contributed by atoms with Gasteiger partial charge in [0.1, 0.15) is 36.2 Å². The zero-order valence-corrected chi connectivity index (χ0v) is 18.4. The van der Waals surface area contributed by atoms with Crippen LogP contribution in [0.3, 0.4) is 0 Å². The van der Waals surface area contributed by atoms with Crippen LogP contribution in [0.2, 0.25) is 0 Å². The van der Waals surface area contributed by atoms with E-state index < -0.39 is 9.84 Å². The minimum absolute atomic E-state index is 0.164. The van der Waals surface area contributed by atoms with Crippen LogP contribution in [0.4, 0.5) is 0 Å². The third kappa shape index (κ3) is 5.64. The highest BCUT2D eigenvalue weighted by atomic mass is 32.2. The van der Waals surface area contributed by atoms with Crippen molar-refractivity contribution in [1.29, 1.82) is 0 Å². The summed E-state index contributed by atoms with van der Waals surface area (Å²) in [7, 11) is -3.68. The lowest BCUT2D eigenvalue weighted by atomic mass is 10.2. The summed E-state index contributed by atoms with van der Waals surface area (Å²) in [6, 6.07) is 25.8. The van der Waals surface area contributed by atoms with Gasteiger partial charge in [0.25, 0.3) is 0 Å². The number of sulfone groups is 1. The first-order valence-electron chi connectivity index (χ1n) is 10.2. The molecule has 6 nitrogen and oxygen atoms in total. The topological polar surface area (TPSA) is 93.1 Å². The van der Waals surface area contributed by atoms with E-state index in [1.165, 1.54) is 24.3 Å². The second-order valence-electron chi connectivity index (χ2n) is 7.36. The summed E-state index contributed by atoms with van der Waals surface area (Å²) in [6.45, 7) is 0.607. The van der Waals surface area contributed by atoms with Crippen LogP contribution in [0.1, 0.15) is 11.1 Å². The summed E-state index contributed by atoms with van der Waals surface area (Å²) in [6.07, 6.45) is 0. The largest absolute Gasteiger partial charge is 0.508 e. The molecule has 0 aliphatic carbocycles. The number of hydrogen-bond acceptors (Lipinski definition) is 6. The highest BCUT2D eigenvalue weighted by molar-refractivity contribution is 7.91. The minimum atomic E-state index is -3.68. The smallest absolute Gasteiger partial charge is 0.206 e. The number of phenolic OH excluding ortho intramolecular Hbond substituents is 2. The standard InChI is InChI=1S/C26H22O6S/c27-21-5-1-19(2-6-21)17-31-23-9-13-25(14-10-23)33(29,30)26-15-11-24(12-16-26)32-18-20-3-7-22(28)8-4-20/h1-16,27-28H,17-18H2. The van der Waals surface area contributed by atoms with Crippen molar-refractivity contribution in [3.63, 3.8) is 0 Å². The van der Waals surface area contributed by atoms with E-state index in [1.807, 2.05) is 0 Å². The molecule has 168 valence electrons. The van der Waals surface area contributed by atoms with E-state index in [0.717, 1.165) is 11.1 Å². The maximum absolute atomic E-state index is 12.9. The Bertz CT molecular complexity index is 1200. The summed E-state index contributed by atoms with van der Waals surface area (Å²) in [5.74, 6) is 1.45. The quantitative estimate of drug-likeness (QED) is 0.379. The second kappa shape index (κ2) is 9.67. The molecule has 0 aliphatic rings. The molecule has 0 aliphatic heterocycles. The Hall–Kier alpha value is -3.97. The predicted molar refractivity (Wildman–Crippen MR) is 123 cm³/mol. The maximum atomic E-state index is 12.9. The molecule has 0 heterocycles. The molecule has 0 fully saturated rings. The fourth-order valence-electron chi connectivity index (χ4n) is 3.08.